The summed E-state index contributed by atoms with van der Waals surface area (Å²) in [4.78, 5) is 32.5. The third-order valence-corrected chi connectivity index (χ3v) is 1.52. The van der Waals surface area contributed by atoms with Crippen LogP contribution in [0.15, 0.2) is 15.8 Å². The van der Waals surface area contributed by atoms with Crippen LogP contribution in [-0.4, -0.2) is 20.9 Å². The molecule has 0 aromatic carbocycles. The van der Waals surface area contributed by atoms with Crippen LogP contribution >= 0.6 is 0 Å². The number of hydrogen-bond donors (Lipinski definition) is 1. The molecule has 0 spiro atoms. The van der Waals surface area contributed by atoms with Gasteiger partial charge in [0.1, 0.15) is 0 Å². The fourth-order valence-corrected chi connectivity index (χ4v) is 0.912. The van der Waals surface area contributed by atoms with Gasteiger partial charge in [-0.05, 0) is 0 Å². The van der Waals surface area contributed by atoms with Crippen LogP contribution in [0.1, 0.15) is 0 Å². The number of aromatic amines is 1. The highest BCUT2D eigenvalue weighted by Gasteiger charge is 2.16. The molecule has 1 aromatic rings. The summed E-state index contributed by atoms with van der Waals surface area (Å²) >= 11 is 0. The molecule has 7 nitrogen and oxygen atoms in total. The Balaban J connectivity index is 3.30. The van der Waals surface area contributed by atoms with Crippen molar-refractivity contribution in [3.8, 4) is 0 Å². The molecule has 0 aliphatic heterocycles. The number of nitrogens with zero attached hydrogens (tertiary/aromatic N) is 2. The average Bonchev–Trinajstić information content (AvgIpc) is 2.08. The van der Waals surface area contributed by atoms with Crippen molar-refractivity contribution in [2.24, 2.45) is 0 Å². The predicted molar refractivity (Wildman–Crippen MR) is 44.0 cm³/mol. The highest BCUT2D eigenvalue weighted by molar-refractivity contribution is 5.20. The molecule has 1 heterocycles. The lowest BCUT2D eigenvalue weighted by Gasteiger charge is -2.02. The monoisotopic (exact) mass is 221 g/mol. The summed E-state index contributed by atoms with van der Waals surface area (Å²) in [5.41, 5.74) is -3.27. The first-order valence-electron chi connectivity index (χ1n) is 3.68. The fourth-order valence-electron chi connectivity index (χ4n) is 0.912. The summed E-state index contributed by atoms with van der Waals surface area (Å²) in [6.45, 7) is -1.00. The van der Waals surface area contributed by atoms with Gasteiger partial charge in [-0.1, -0.05) is 0 Å². The lowest BCUT2D eigenvalue weighted by atomic mass is 10.5. The quantitative estimate of drug-likeness (QED) is 0.560. The molecule has 0 saturated carbocycles. The molecular formula is C6H5F2N3O4. The van der Waals surface area contributed by atoms with Crippen molar-refractivity contribution in [1.29, 1.82) is 0 Å². The number of hydrogen-bond acceptors (Lipinski definition) is 4. The molecule has 0 fully saturated rings. The maximum atomic E-state index is 11.9. The van der Waals surface area contributed by atoms with Gasteiger partial charge in [-0.15, -0.1) is 0 Å². The molecule has 0 aliphatic rings. The van der Waals surface area contributed by atoms with E-state index >= 15 is 0 Å². The first-order valence-corrected chi connectivity index (χ1v) is 3.68. The van der Waals surface area contributed by atoms with E-state index in [9.17, 15) is 28.5 Å². The first-order chi connectivity index (χ1) is 6.91. The summed E-state index contributed by atoms with van der Waals surface area (Å²) < 4.78 is 24.2. The molecule has 0 aliphatic carbocycles. The molecule has 82 valence electrons. The van der Waals surface area contributed by atoms with E-state index in [-0.39, 0.29) is 0 Å². The second-order valence-electron chi connectivity index (χ2n) is 2.57. The molecule has 0 atom stereocenters. The summed E-state index contributed by atoms with van der Waals surface area (Å²) in [6.07, 6.45) is -2.35. The lowest BCUT2D eigenvalue weighted by molar-refractivity contribution is -0.386. The van der Waals surface area contributed by atoms with Gasteiger partial charge in [0.2, 0.25) is 0 Å². The molecule has 0 radical (unpaired) electrons. The van der Waals surface area contributed by atoms with Crippen LogP contribution in [0.3, 0.4) is 0 Å². The highest BCUT2D eigenvalue weighted by Crippen LogP contribution is 2.01. The normalized spacial score (nSPS) is 10.6. The van der Waals surface area contributed by atoms with Crippen LogP contribution in [0.5, 0.6) is 0 Å². The smallest absolute Gasteiger partial charge is 0.288 e. The van der Waals surface area contributed by atoms with Crippen molar-refractivity contribution in [1.82, 2.24) is 9.55 Å². The summed E-state index contributed by atoms with van der Waals surface area (Å²) in [6, 6.07) is 0. The number of alkyl halides is 2. The van der Waals surface area contributed by atoms with Gasteiger partial charge in [0.05, 0.1) is 17.7 Å². The second-order valence-corrected chi connectivity index (χ2v) is 2.57. The van der Waals surface area contributed by atoms with Crippen molar-refractivity contribution >= 4 is 5.69 Å². The Labute approximate surface area is 80.1 Å². The van der Waals surface area contributed by atoms with Crippen molar-refractivity contribution in [2.75, 3.05) is 0 Å². The molecule has 1 aromatic heterocycles. The zero-order chi connectivity index (χ0) is 11.6. The Morgan fingerprint density at radius 2 is 2.13 bits per heavy atom. The Morgan fingerprint density at radius 3 is 2.60 bits per heavy atom. The number of H-pyrrole nitrogens is 1. The predicted octanol–water partition coefficient (Wildman–Crippen LogP) is -0.290. The zero-order valence-corrected chi connectivity index (χ0v) is 7.15. The molecule has 0 saturated heterocycles. The molecular weight excluding hydrogens is 216 g/mol. The van der Waals surface area contributed by atoms with Crippen LogP contribution in [0.25, 0.3) is 0 Å². The van der Waals surface area contributed by atoms with Gasteiger partial charge in [0.25, 0.3) is 6.43 Å². The van der Waals surface area contributed by atoms with Gasteiger partial charge in [-0.25, -0.2) is 13.6 Å². The minimum Gasteiger partial charge on any atom is -0.288 e. The largest absolute Gasteiger partial charge is 0.350 e. The Bertz CT molecular complexity index is 492. The first kappa shape index (κ1) is 11.0. The number of rotatable bonds is 3. The van der Waals surface area contributed by atoms with Gasteiger partial charge in [0.15, 0.2) is 0 Å². The third kappa shape index (κ3) is 2.45. The fraction of sp³-hybridized carbons (Fsp3) is 0.333. The van der Waals surface area contributed by atoms with E-state index < -0.39 is 34.8 Å². The molecule has 0 amide bonds. The molecule has 9 heteroatoms. The van der Waals surface area contributed by atoms with Gasteiger partial charge in [-0.2, -0.15) is 0 Å². The summed E-state index contributed by atoms with van der Waals surface area (Å²) in [5, 5.41) is 10.3. The van der Waals surface area contributed by atoms with E-state index in [4.69, 9.17) is 0 Å². The van der Waals surface area contributed by atoms with Gasteiger partial charge >= 0.3 is 16.9 Å². The van der Waals surface area contributed by atoms with Gasteiger partial charge in [-0.3, -0.25) is 24.5 Å². The Hall–Kier alpha value is -2.06. The van der Waals surface area contributed by atoms with Crippen molar-refractivity contribution in [2.45, 2.75) is 13.0 Å². The maximum absolute atomic E-state index is 11.9. The molecule has 0 unspecified atom stereocenters. The highest BCUT2D eigenvalue weighted by atomic mass is 19.3. The summed E-state index contributed by atoms with van der Waals surface area (Å²) in [7, 11) is 0. The average molecular weight is 221 g/mol. The lowest BCUT2D eigenvalue weighted by Crippen LogP contribution is -2.32. The Morgan fingerprint density at radius 1 is 1.53 bits per heavy atom. The third-order valence-electron chi connectivity index (χ3n) is 1.52. The molecule has 15 heavy (non-hydrogen) atoms. The molecule has 0 bridgehead atoms. The standard InChI is InChI=1S/C6H5F2N3O4/c7-4(8)2-10-1-3(11(14)15)5(12)9-6(10)13/h1,4H,2H2,(H,9,12,13). The maximum Gasteiger partial charge on any atom is 0.350 e. The topological polar surface area (TPSA) is 98.0 Å². The number of nitro groups is 1. The van der Waals surface area contributed by atoms with E-state index in [0.29, 0.717) is 10.8 Å². The van der Waals surface area contributed by atoms with E-state index in [1.165, 1.54) is 0 Å². The van der Waals surface area contributed by atoms with Gasteiger partial charge in [0, 0.05) is 0 Å². The van der Waals surface area contributed by atoms with Crippen LogP contribution in [0.2, 0.25) is 0 Å². The zero-order valence-electron chi connectivity index (χ0n) is 7.15. The van der Waals surface area contributed by atoms with E-state index in [1.807, 2.05) is 0 Å². The number of halogens is 2. The SMILES string of the molecule is O=c1[nH]c(=O)n(CC(F)F)cc1[N+](=O)[O-]. The summed E-state index contributed by atoms with van der Waals surface area (Å²) in [5.74, 6) is 0. The van der Waals surface area contributed by atoms with Crippen molar-refractivity contribution < 1.29 is 13.7 Å². The van der Waals surface area contributed by atoms with Crippen LogP contribution in [0, 0.1) is 10.1 Å². The van der Waals surface area contributed by atoms with Crippen LogP contribution < -0.4 is 11.2 Å². The molecule has 1 N–H and O–H groups in total. The minimum absolute atomic E-state index is 0.379. The minimum atomic E-state index is -2.84. The van der Waals surface area contributed by atoms with E-state index in [0.717, 1.165) is 0 Å². The van der Waals surface area contributed by atoms with Gasteiger partial charge < -0.3 is 0 Å². The van der Waals surface area contributed by atoms with Crippen molar-refractivity contribution in [3.05, 3.63) is 37.1 Å². The number of aromatic nitrogens is 2. The van der Waals surface area contributed by atoms with Crippen LogP contribution in [-0.2, 0) is 6.54 Å². The van der Waals surface area contributed by atoms with E-state index in [1.54, 1.807) is 4.98 Å². The number of nitrogens with one attached hydrogen (secondary N) is 1. The Kier molecular flexibility index (Phi) is 2.93. The van der Waals surface area contributed by atoms with E-state index in [2.05, 4.69) is 0 Å². The molecule has 1 rings (SSSR count). The van der Waals surface area contributed by atoms with Crippen molar-refractivity contribution in [3.63, 3.8) is 0 Å². The second kappa shape index (κ2) is 3.98. The van der Waals surface area contributed by atoms with Crippen LogP contribution in [0.4, 0.5) is 14.5 Å².